The first-order valence-corrected chi connectivity index (χ1v) is 6.82. The molecule has 0 bridgehead atoms. The van der Waals surface area contributed by atoms with Crippen LogP contribution in [-0.4, -0.2) is 27.2 Å². The van der Waals surface area contributed by atoms with Crippen LogP contribution in [0.1, 0.15) is 51.0 Å². The van der Waals surface area contributed by atoms with Crippen molar-refractivity contribution < 1.29 is 5.11 Å². The Morgan fingerprint density at radius 3 is 2.56 bits per heavy atom. The highest BCUT2D eigenvalue weighted by Crippen LogP contribution is 2.39. The fourth-order valence-electron chi connectivity index (χ4n) is 2.56. The molecule has 0 radical (unpaired) electrons. The number of imidazole rings is 1. The Balaban J connectivity index is 1.76. The van der Waals surface area contributed by atoms with Crippen molar-refractivity contribution in [3.63, 3.8) is 0 Å². The Hall–Kier alpha value is -0.870. The summed E-state index contributed by atoms with van der Waals surface area (Å²) in [5, 5.41) is 13.8. The van der Waals surface area contributed by atoms with Gasteiger partial charge in [-0.1, -0.05) is 13.8 Å². The number of hydrogen-bond acceptors (Lipinski definition) is 3. The predicted molar refractivity (Wildman–Crippen MR) is 72.2 cm³/mol. The normalized spacial score (nSPS) is 22.0. The summed E-state index contributed by atoms with van der Waals surface area (Å²) in [6.07, 6.45) is 5.85. The predicted octanol–water partition coefficient (Wildman–Crippen LogP) is 2.14. The molecule has 0 amide bonds. The maximum Gasteiger partial charge on any atom is 0.103 e. The van der Waals surface area contributed by atoms with Crippen molar-refractivity contribution in [1.82, 2.24) is 15.3 Å². The molecule has 0 atom stereocenters. The fraction of sp³-hybridized carbons (Fsp3) is 0.786. The molecule has 0 aliphatic heterocycles. The first-order valence-electron chi connectivity index (χ1n) is 6.82. The first kappa shape index (κ1) is 13.6. The molecule has 0 saturated heterocycles. The summed E-state index contributed by atoms with van der Waals surface area (Å²) < 4.78 is 0. The van der Waals surface area contributed by atoms with Crippen molar-refractivity contribution >= 4 is 0 Å². The number of rotatable bonds is 4. The third-order valence-electron chi connectivity index (χ3n) is 4.06. The van der Waals surface area contributed by atoms with Gasteiger partial charge in [0.05, 0.1) is 5.60 Å². The standard InChI is InChI=1S/C14H25N3O/c1-11-16-9-12(17-11)8-15-10-14(18)6-4-13(2,3)5-7-14/h9,15,18H,4-8,10H2,1-3H3,(H,16,17). The van der Waals surface area contributed by atoms with Gasteiger partial charge in [-0.15, -0.1) is 0 Å². The van der Waals surface area contributed by atoms with Gasteiger partial charge in [0.15, 0.2) is 0 Å². The first-order chi connectivity index (χ1) is 8.39. The Morgan fingerprint density at radius 1 is 1.33 bits per heavy atom. The smallest absolute Gasteiger partial charge is 0.103 e. The Bertz CT molecular complexity index is 387. The molecule has 1 heterocycles. The van der Waals surface area contributed by atoms with Gasteiger partial charge < -0.3 is 15.4 Å². The van der Waals surface area contributed by atoms with Gasteiger partial charge in [0.2, 0.25) is 0 Å². The van der Waals surface area contributed by atoms with Crippen LogP contribution < -0.4 is 5.32 Å². The van der Waals surface area contributed by atoms with Crippen molar-refractivity contribution in [3.8, 4) is 0 Å². The molecule has 3 N–H and O–H groups in total. The molecule has 1 aliphatic rings. The van der Waals surface area contributed by atoms with Crippen LogP contribution in [0.5, 0.6) is 0 Å². The summed E-state index contributed by atoms with van der Waals surface area (Å²) in [6, 6.07) is 0. The minimum Gasteiger partial charge on any atom is -0.389 e. The van der Waals surface area contributed by atoms with Gasteiger partial charge >= 0.3 is 0 Å². The number of aromatic nitrogens is 2. The molecule has 4 nitrogen and oxygen atoms in total. The largest absolute Gasteiger partial charge is 0.389 e. The molecule has 102 valence electrons. The number of nitrogens with one attached hydrogen (secondary N) is 2. The summed E-state index contributed by atoms with van der Waals surface area (Å²) in [5.41, 5.74) is 0.948. The van der Waals surface area contributed by atoms with Gasteiger partial charge in [-0.3, -0.25) is 0 Å². The maximum absolute atomic E-state index is 10.5. The summed E-state index contributed by atoms with van der Waals surface area (Å²) in [7, 11) is 0. The lowest BCUT2D eigenvalue weighted by Gasteiger charge is -2.40. The third-order valence-corrected chi connectivity index (χ3v) is 4.06. The second kappa shape index (κ2) is 5.02. The highest BCUT2D eigenvalue weighted by atomic mass is 16.3. The molecule has 0 spiro atoms. The van der Waals surface area contributed by atoms with Crippen LogP contribution in [0.25, 0.3) is 0 Å². The topological polar surface area (TPSA) is 60.9 Å². The molecule has 2 rings (SSSR count). The zero-order valence-electron chi connectivity index (χ0n) is 11.7. The van der Waals surface area contributed by atoms with E-state index >= 15 is 0 Å². The Morgan fingerprint density at radius 2 is 2.00 bits per heavy atom. The van der Waals surface area contributed by atoms with Crippen LogP contribution in [0.3, 0.4) is 0 Å². The zero-order chi connectivity index (χ0) is 13.2. The third kappa shape index (κ3) is 3.56. The van der Waals surface area contributed by atoms with E-state index in [1.807, 2.05) is 13.1 Å². The average molecular weight is 251 g/mol. The number of aliphatic hydroxyl groups is 1. The number of aryl methyl sites for hydroxylation is 1. The van der Waals surface area contributed by atoms with E-state index in [0.29, 0.717) is 12.0 Å². The molecule has 18 heavy (non-hydrogen) atoms. The molecule has 0 aromatic carbocycles. The van der Waals surface area contributed by atoms with Crippen LogP contribution >= 0.6 is 0 Å². The summed E-state index contributed by atoms with van der Waals surface area (Å²) >= 11 is 0. The van der Waals surface area contributed by atoms with Gasteiger partial charge in [-0.2, -0.15) is 0 Å². The van der Waals surface area contributed by atoms with E-state index in [9.17, 15) is 5.11 Å². The number of H-pyrrole nitrogens is 1. The van der Waals surface area contributed by atoms with Crippen LogP contribution in [0.15, 0.2) is 6.20 Å². The number of aromatic amines is 1. The van der Waals surface area contributed by atoms with E-state index in [2.05, 4.69) is 29.1 Å². The highest BCUT2D eigenvalue weighted by Gasteiger charge is 2.36. The minimum absolute atomic E-state index is 0.396. The SMILES string of the molecule is Cc1ncc(CNCC2(O)CCC(C)(C)CC2)[nH]1. The Kier molecular flexibility index (Phi) is 3.78. The van der Waals surface area contributed by atoms with E-state index in [1.165, 1.54) is 0 Å². The number of hydrogen-bond donors (Lipinski definition) is 3. The monoisotopic (exact) mass is 251 g/mol. The molecule has 1 saturated carbocycles. The summed E-state index contributed by atoms with van der Waals surface area (Å²) in [6.45, 7) is 7.93. The van der Waals surface area contributed by atoms with Gasteiger partial charge in [0.25, 0.3) is 0 Å². The van der Waals surface area contributed by atoms with Gasteiger partial charge in [-0.05, 0) is 38.0 Å². The van der Waals surface area contributed by atoms with Crippen LogP contribution in [0, 0.1) is 12.3 Å². The average Bonchev–Trinajstić information content (AvgIpc) is 2.70. The minimum atomic E-state index is -0.523. The van der Waals surface area contributed by atoms with E-state index in [4.69, 9.17) is 0 Å². The zero-order valence-corrected chi connectivity index (χ0v) is 11.7. The molecule has 1 aromatic rings. The van der Waals surface area contributed by atoms with Crippen LogP contribution in [-0.2, 0) is 6.54 Å². The Labute approximate surface area is 109 Å². The van der Waals surface area contributed by atoms with Crippen molar-refractivity contribution in [3.05, 3.63) is 17.7 Å². The van der Waals surface area contributed by atoms with E-state index in [1.54, 1.807) is 0 Å². The van der Waals surface area contributed by atoms with Crippen LogP contribution in [0.4, 0.5) is 0 Å². The molecule has 1 aromatic heterocycles. The molecular formula is C14H25N3O. The van der Waals surface area contributed by atoms with Gasteiger partial charge in [0, 0.05) is 25.0 Å². The lowest BCUT2D eigenvalue weighted by atomic mass is 9.71. The second-order valence-corrected chi connectivity index (χ2v) is 6.49. The lowest BCUT2D eigenvalue weighted by Crippen LogP contribution is -2.44. The van der Waals surface area contributed by atoms with Crippen molar-refractivity contribution in [2.45, 2.75) is 58.6 Å². The van der Waals surface area contributed by atoms with Gasteiger partial charge in [-0.25, -0.2) is 4.98 Å². The van der Waals surface area contributed by atoms with Gasteiger partial charge in [0.1, 0.15) is 5.82 Å². The van der Waals surface area contributed by atoms with Crippen LogP contribution in [0.2, 0.25) is 0 Å². The molecule has 1 aliphatic carbocycles. The number of nitrogens with zero attached hydrogens (tertiary/aromatic N) is 1. The lowest BCUT2D eigenvalue weighted by molar-refractivity contribution is -0.0245. The van der Waals surface area contributed by atoms with E-state index in [0.717, 1.165) is 43.7 Å². The van der Waals surface area contributed by atoms with E-state index in [-0.39, 0.29) is 0 Å². The molecule has 1 fully saturated rings. The maximum atomic E-state index is 10.5. The van der Waals surface area contributed by atoms with Crippen molar-refractivity contribution in [2.24, 2.45) is 5.41 Å². The van der Waals surface area contributed by atoms with E-state index < -0.39 is 5.60 Å². The highest BCUT2D eigenvalue weighted by molar-refractivity contribution is 5.00. The summed E-state index contributed by atoms with van der Waals surface area (Å²) in [4.78, 5) is 7.34. The molecule has 0 unspecified atom stereocenters. The molecular weight excluding hydrogens is 226 g/mol. The quantitative estimate of drug-likeness (QED) is 0.768. The summed E-state index contributed by atoms with van der Waals surface area (Å²) in [5.74, 6) is 0.935. The molecule has 4 heteroatoms. The van der Waals surface area contributed by atoms with Crippen molar-refractivity contribution in [1.29, 1.82) is 0 Å². The second-order valence-electron chi connectivity index (χ2n) is 6.49. The fourth-order valence-corrected chi connectivity index (χ4v) is 2.56. The van der Waals surface area contributed by atoms with Crippen molar-refractivity contribution in [2.75, 3.05) is 6.54 Å².